The number of amides is 2. The summed E-state index contributed by atoms with van der Waals surface area (Å²) in [4.78, 5) is 70.2. The van der Waals surface area contributed by atoms with Crippen molar-refractivity contribution in [2.45, 2.75) is 6.18 Å². The van der Waals surface area contributed by atoms with E-state index in [1.54, 1.807) is 5.32 Å². The Hall–Kier alpha value is -16.0. The number of esters is 1. The molecular formula is C93H45F19N10O4. The molecule has 16 bridgehead atoms. The molecule has 14 nitrogen and oxygen atoms in total. The number of halogens is 19. The van der Waals surface area contributed by atoms with Crippen LogP contribution in [0.3, 0.4) is 0 Å². The van der Waals surface area contributed by atoms with E-state index in [1.165, 1.54) is 182 Å². The molecule has 0 atom stereocenters. The predicted molar refractivity (Wildman–Crippen MR) is 435 cm³/mol. The number of aromatic nitrogens is 8. The zero-order valence-electron chi connectivity index (χ0n) is 63.4. The second kappa shape index (κ2) is 31.2. The standard InChI is InChI=1S/C93H45F19N10O4/c1-126-91(124)43-8-4-39(5-9-43)71-56-20-28-64(117-56)74(78-82(102)46(94)34-47(95)83(78)103)62-26-18-54(115-62)70(55-19-27-63(116-55)75(65-29-21-57(71)118-65)79-84(104)48(96)35-49(97)85(79)105)38-2-6-42(7-3-38)90(123)113-44-14-10-40(11-15-44)72-58-22-30-66(119-58)76(80-86(106)50(98)36-51(99)87(80)107)68-32-24-60(121-68)73(41-12-16-45(17-13-41)114-92(125)93(110,111)112)61-25-33-69(122-61)77(67-31-23-59(72)120-67)81-88(108)52(100)37-53(101)89(81)109/h2-37,115,118-119,122H,1H3,(H,113,123)(H,114,125). The lowest BCUT2D eigenvalue weighted by molar-refractivity contribution is -0.167. The van der Waals surface area contributed by atoms with Crippen LogP contribution in [0.1, 0.15) is 66.3 Å². The summed E-state index contributed by atoms with van der Waals surface area (Å²) in [5.41, 5.74) is -9.84. The van der Waals surface area contributed by atoms with Gasteiger partial charge in [-0.3, -0.25) is 9.59 Å². The van der Waals surface area contributed by atoms with E-state index in [0.717, 1.165) is 19.2 Å². The summed E-state index contributed by atoms with van der Waals surface area (Å²) in [5, 5.41) is 4.45. The number of hydrogen-bond donors (Lipinski definition) is 6. The molecule has 6 aromatic heterocycles. The van der Waals surface area contributed by atoms with Gasteiger partial charge < -0.3 is 35.3 Å². The minimum absolute atomic E-state index is 0.00715. The summed E-state index contributed by atoms with van der Waals surface area (Å²) in [6.07, 6.45) is 4.85. The van der Waals surface area contributed by atoms with Gasteiger partial charge in [0.05, 0.1) is 80.5 Å². The zero-order chi connectivity index (χ0) is 88.5. The molecule has 0 unspecified atom stereocenters. The molecule has 0 spiro atoms. The van der Waals surface area contributed by atoms with Crippen molar-refractivity contribution in [3.05, 3.63) is 320 Å². The third kappa shape index (κ3) is 14.1. The second-order valence-electron chi connectivity index (χ2n) is 28.6. The van der Waals surface area contributed by atoms with Gasteiger partial charge in [0.2, 0.25) is 0 Å². The Morgan fingerprint density at radius 2 is 0.476 bits per heavy atom. The van der Waals surface area contributed by atoms with E-state index >= 15 is 70.2 Å². The largest absolute Gasteiger partial charge is 0.471 e. The molecular weight excluding hydrogens is 1680 g/mol. The lowest BCUT2D eigenvalue weighted by atomic mass is 10.0. The van der Waals surface area contributed by atoms with Crippen molar-refractivity contribution in [1.82, 2.24) is 39.9 Å². The van der Waals surface area contributed by atoms with E-state index in [1.807, 2.05) is 0 Å². The molecule has 624 valence electrons. The van der Waals surface area contributed by atoms with Crippen molar-refractivity contribution in [2.24, 2.45) is 0 Å². The summed E-state index contributed by atoms with van der Waals surface area (Å²) in [6, 6.07) is 31.6. The van der Waals surface area contributed by atoms with Gasteiger partial charge in [-0.25, -0.2) is 95.0 Å². The Bertz CT molecular complexity index is 7390. The minimum Gasteiger partial charge on any atom is -0.465 e. The normalized spacial score (nSPS) is 12.3. The number of hydrogen-bond acceptors (Lipinski definition) is 8. The summed E-state index contributed by atoms with van der Waals surface area (Å²) in [6.45, 7) is 0. The van der Waals surface area contributed by atoms with Crippen molar-refractivity contribution >= 4 is 122 Å². The van der Waals surface area contributed by atoms with E-state index in [-0.39, 0.29) is 175 Å². The zero-order valence-corrected chi connectivity index (χ0v) is 63.4. The number of fused-ring (bicyclic) bond motifs is 16. The van der Waals surface area contributed by atoms with E-state index in [0.29, 0.717) is 0 Å². The smallest absolute Gasteiger partial charge is 0.465 e. The summed E-state index contributed by atoms with van der Waals surface area (Å²) >= 11 is 0. The van der Waals surface area contributed by atoms with Gasteiger partial charge in [0.25, 0.3) is 5.91 Å². The van der Waals surface area contributed by atoms with Crippen LogP contribution in [0.15, 0.2) is 170 Å². The van der Waals surface area contributed by atoms with Crippen LogP contribution in [0.4, 0.5) is 94.8 Å². The Morgan fingerprint density at radius 1 is 0.270 bits per heavy atom. The molecule has 6 N–H and O–H groups in total. The van der Waals surface area contributed by atoms with Crippen molar-refractivity contribution in [3.8, 4) is 89.0 Å². The van der Waals surface area contributed by atoms with E-state index < -0.39 is 167 Å². The summed E-state index contributed by atoms with van der Waals surface area (Å²) in [5.74, 6) is -33.3. The molecule has 4 aliphatic heterocycles. The highest BCUT2D eigenvalue weighted by molar-refractivity contribution is 6.07. The number of rotatable bonds is 12. The molecule has 0 aliphatic carbocycles. The highest BCUT2D eigenvalue weighted by Gasteiger charge is 2.39. The lowest BCUT2D eigenvalue weighted by Crippen LogP contribution is -2.29. The number of anilines is 2. The van der Waals surface area contributed by atoms with Gasteiger partial charge in [-0.2, -0.15) is 13.2 Å². The number of benzene rings is 8. The fraction of sp³-hybridized carbons (Fsp3) is 0.0215. The first-order chi connectivity index (χ1) is 60.4. The van der Waals surface area contributed by atoms with Crippen LogP contribution < -0.4 is 10.6 Å². The minimum atomic E-state index is -5.32. The molecule has 0 saturated heterocycles. The van der Waals surface area contributed by atoms with E-state index in [4.69, 9.17) is 19.7 Å². The van der Waals surface area contributed by atoms with Gasteiger partial charge in [0.15, 0.2) is 93.1 Å². The maximum Gasteiger partial charge on any atom is 0.471 e. The first-order valence-corrected chi connectivity index (χ1v) is 37.2. The van der Waals surface area contributed by atoms with Gasteiger partial charge in [0.1, 0.15) is 0 Å². The van der Waals surface area contributed by atoms with Gasteiger partial charge in [0, 0.05) is 130 Å². The molecule has 2 amide bonds. The number of nitrogens with one attached hydrogen (secondary N) is 6. The van der Waals surface area contributed by atoms with Crippen molar-refractivity contribution in [3.63, 3.8) is 0 Å². The Kier molecular flexibility index (Phi) is 20.1. The van der Waals surface area contributed by atoms with Crippen molar-refractivity contribution in [2.75, 3.05) is 17.7 Å². The average Bonchev–Trinajstić information content (AvgIpc) is 1.58. The van der Waals surface area contributed by atoms with E-state index in [9.17, 15) is 27.6 Å². The number of carbonyl (C=O) groups excluding carboxylic acids is 3. The van der Waals surface area contributed by atoms with Crippen LogP contribution in [0.25, 0.3) is 182 Å². The molecule has 10 heterocycles. The maximum absolute atomic E-state index is 16.5. The number of alkyl halides is 3. The number of nitrogens with zero attached hydrogens (tertiary/aromatic N) is 4. The van der Waals surface area contributed by atoms with Crippen LogP contribution in [-0.2, 0) is 9.53 Å². The van der Waals surface area contributed by atoms with Crippen LogP contribution in [-0.4, -0.2) is 70.9 Å². The number of methoxy groups -OCH3 is 1. The summed E-state index contributed by atoms with van der Waals surface area (Å²) < 4.78 is 301. The van der Waals surface area contributed by atoms with Gasteiger partial charge in [-0.1, -0.05) is 48.5 Å². The van der Waals surface area contributed by atoms with Crippen LogP contribution in [0.2, 0.25) is 0 Å². The van der Waals surface area contributed by atoms with Crippen LogP contribution in [0.5, 0.6) is 0 Å². The molecule has 126 heavy (non-hydrogen) atoms. The van der Waals surface area contributed by atoms with Gasteiger partial charge >= 0.3 is 18.1 Å². The van der Waals surface area contributed by atoms with Gasteiger partial charge in [-0.05, 0) is 168 Å². The quantitative estimate of drug-likeness (QED) is 0.0394. The monoisotopic (exact) mass is 1730 g/mol. The molecule has 14 aromatic rings. The number of carbonyl (C=O) groups is 3. The lowest BCUT2D eigenvalue weighted by Gasteiger charge is -2.11. The number of ether oxygens (including phenoxy) is 1. The maximum atomic E-state index is 16.5. The SMILES string of the molecule is COC(=O)c1ccc(-c2c3nc(c(-c4c(F)c(F)cc(F)c4F)c4ccc([nH]4)c(-c4ccc(C(=O)Nc5ccc(-c6c7nc(c(-c8c(F)c(F)cc(F)c8F)c8ccc([nH]8)c(-c8ccc(NC(=O)C(F)(F)F)cc8)c8nc(c(-c9c(F)c(F)cc(F)c9F)c9ccc6[nH]9)C=C8)C=C7)cc5)cc4)c4nc(c(-c5c(F)c(F)cc(F)c5F)c5ccc2[nH]5)C=C4)C=C3)cc1. The molecule has 0 saturated carbocycles. The number of H-pyrrole nitrogens is 4. The highest BCUT2D eigenvalue weighted by atomic mass is 19.4. The van der Waals surface area contributed by atoms with E-state index in [2.05, 4.69) is 30.2 Å². The molecule has 33 heteroatoms. The second-order valence-corrected chi connectivity index (χ2v) is 28.6. The predicted octanol–water partition coefficient (Wildman–Crippen LogP) is 24.7. The third-order valence-corrected chi connectivity index (χ3v) is 21.1. The first kappa shape index (κ1) is 81.1. The average molecular weight is 1730 g/mol. The van der Waals surface area contributed by atoms with Gasteiger partial charge in [-0.15, -0.1) is 0 Å². The first-order valence-electron chi connectivity index (χ1n) is 37.2. The topological polar surface area (TPSA) is 199 Å². The molecule has 8 aromatic carbocycles. The number of aromatic amines is 4. The Morgan fingerprint density at radius 3 is 0.706 bits per heavy atom. The summed E-state index contributed by atoms with van der Waals surface area (Å²) in [7, 11) is 1.15. The van der Waals surface area contributed by atoms with Crippen LogP contribution in [0, 0.1) is 93.1 Å². The molecule has 18 rings (SSSR count). The van der Waals surface area contributed by atoms with Crippen molar-refractivity contribution in [1.29, 1.82) is 0 Å². The molecule has 0 fully saturated rings. The fourth-order valence-corrected chi connectivity index (χ4v) is 15.4. The Labute approximate surface area is 693 Å². The van der Waals surface area contributed by atoms with Crippen molar-refractivity contribution < 1.29 is 103 Å². The molecule has 4 aliphatic rings. The van der Waals surface area contributed by atoms with Crippen LogP contribution >= 0.6 is 0 Å². The highest BCUT2D eigenvalue weighted by Crippen LogP contribution is 2.47. The fourth-order valence-electron chi connectivity index (χ4n) is 15.4. The molecule has 0 radical (unpaired) electrons. The third-order valence-electron chi connectivity index (χ3n) is 21.1. The Balaban J connectivity index is 0.783.